The van der Waals surface area contributed by atoms with Crippen LogP contribution in [0.15, 0.2) is 87.8 Å². The molecule has 0 radical (unpaired) electrons. The molecule has 0 saturated heterocycles. The lowest BCUT2D eigenvalue weighted by Gasteiger charge is -2.24. The third-order valence-corrected chi connectivity index (χ3v) is 7.77. The molecule has 7 nitrogen and oxygen atoms in total. The summed E-state index contributed by atoms with van der Waals surface area (Å²) in [7, 11) is 0. The minimum atomic E-state index is -0.815. The fourth-order valence-electron chi connectivity index (χ4n) is 4.69. The second kappa shape index (κ2) is 12.8. The van der Waals surface area contributed by atoms with Gasteiger partial charge in [-0.2, -0.15) is 0 Å². The van der Waals surface area contributed by atoms with E-state index in [1.807, 2.05) is 37.3 Å². The van der Waals surface area contributed by atoms with Crippen LogP contribution in [0.3, 0.4) is 0 Å². The van der Waals surface area contributed by atoms with E-state index < -0.39 is 17.8 Å². The zero-order valence-corrected chi connectivity index (χ0v) is 24.8. The smallest absolute Gasteiger partial charge is 0.338 e. The summed E-state index contributed by atoms with van der Waals surface area (Å²) in [6, 6.07) is 17.8. The van der Waals surface area contributed by atoms with Gasteiger partial charge in [-0.05, 0) is 79.9 Å². The minimum absolute atomic E-state index is 0.164. The number of allylic oxidation sites excluding steroid dienone is 1. The first-order chi connectivity index (χ1) is 20.3. The van der Waals surface area contributed by atoms with E-state index in [0.29, 0.717) is 50.3 Å². The highest BCUT2D eigenvalue weighted by molar-refractivity contribution is 7.07. The number of thiazole rings is 1. The highest BCUT2D eigenvalue weighted by atomic mass is 35.5. The van der Waals surface area contributed by atoms with Crippen molar-refractivity contribution in [2.45, 2.75) is 33.4 Å². The third kappa shape index (κ3) is 6.17. The molecule has 0 aliphatic carbocycles. The second-order valence-corrected chi connectivity index (χ2v) is 10.9. The maximum atomic E-state index is 13.8. The molecule has 216 valence electrons. The number of carbonyl (C=O) groups is 1. The van der Waals surface area contributed by atoms with Crippen LogP contribution in [0.5, 0.6) is 11.5 Å². The molecule has 0 bridgehead atoms. The van der Waals surface area contributed by atoms with Gasteiger partial charge in [-0.3, -0.25) is 9.36 Å². The quantitative estimate of drug-likeness (QED) is 0.233. The molecule has 42 heavy (non-hydrogen) atoms. The first-order valence-corrected chi connectivity index (χ1v) is 14.6. The number of halogens is 2. The summed E-state index contributed by atoms with van der Waals surface area (Å²) in [5, 5.41) is 0.629. The largest absolute Gasteiger partial charge is 0.490 e. The van der Waals surface area contributed by atoms with E-state index in [1.54, 1.807) is 44.2 Å². The molecule has 0 amide bonds. The lowest BCUT2D eigenvalue weighted by atomic mass is 9.96. The minimum Gasteiger partial charge on any atom is -0.490 e. The lowest BCUT2D eigenvalue weighted by molar-refractivity contribution is -0.139. The molecule has 0 N–H and O–H groups in total. The van der Waals surface area contributed by atoms with Crippen molar-refractivity contribution < 1.29 is 23.4 Å². The Morgan fingerprint density at radius 2 is 1.83 bits per heavy atom. The SMILES string of the molecule is CCOC(=O)C1=C(C)N=c2s/c(=C\c3ccc(OCc4cccc(Cl)c4)c(OCC)c3)c(=O)n2[C@H]1c1ccc(F)cc1. The van der Waals surface area contributed by atoms with Crippen LogP contribution in [-0.4, -0.2) is 23.8 Å². The Labute approximate surface area is 250 Å². The number of fused-ring (bicyclic) bond motifs is 1. The molecule has 5 rings (SSSR count). The lowest BCUT2D eigenvalue weighted by Crippen LogP contribution is -2.39. The maximum absolute atomic E-state index is 13.8. The fourth-order valence-corrected chi connectivity index (χ4v) is 5.95. The Balaban J connectivity index is 1.55. The number of nitrogens with zero attached hydrogens (tertiary/aromatic N) is 2. The van der Waals surface area contributed by atoms with Crippen molar-refractivity contribution in [2.75, 3.05) is 13.2 Å². The van der Waals surface area contributed by atoms with E-state index in [-0.39, 0.29) is 17.7 Å². The standard InChI is InChI=1S/C32H28ClFN2O5S/c1-4-39-26-16-20(9-14-25(26)41-18-21-7-6-8-23(33)15-21)17-27-30(37)36-29(22-10-12-24(34)13-11-22)28(31(38)40-5-2)19(3)35-32(36)42-27/h6-17,29H,4-5,18H2,1-3H3/b27-17-/t29-/m0/s1. The molecule has 0 fully saturated rings. The van der Waals surface area contributed by atoms with Crippen LogP contribution >= 0.6 is 22.9 Å². The summed E-state index contributed by atoms with van der Waals surface area (Å²) in [4.78, 5) is 31.8. The summed E-state index contributed by atoms with van der Waals surface area (Å²) in [5.41, 5.74) is 2.56. The summed E-state index contributed by atoms with van der Waals surface area (Å²) >= 11 is 7.30. The van der Waals surface area contributed by atoms with E-state index >= 15 is 0 Å². The van der Waals surface area contributed by atoms with Gasteiger partial charge in [0.05, 0.1) is 35.1 Å². The van der Waals surface area contributed by atoms with Crippen LogP contribution in [0.4, 0.5) is 4.39 Å². The van der Waals surface area contributed by atoms with Crippen molar-refractivity contribution in [1.29, 1.82) is 0 Å². The predicted octanol–water partition coefficient (Wildman–Crippen LogP) is 5.57. The molecule has 1 aliphatic heterocycles. The third-order valence-electron chi connectivity index (χ3n) is 6.55. The van der Waals surface area contributed by atoms with Crippen LogP contribution in [-0.2, 0) is 16.1 Å². The predicted molar refractivity (Wildman–Crippen MR) is 160 cm³/mol. The van der Waals surface area contributed by atoms with Crippen LogP contribution < -0.4 is 24.4 Å². The molecule has 4 aromatic rings. The van der Waals surface area contributed by atoms with E-state index in [1.165, 1.54) is 28.0 Å². The van der Waals surface area contributed by atoms with Crippen molar-refractivity contribution in [1.82, 2.24) is 4.57 Å². The molecule has 3 aromatic carbocycles. The number of hydrogen-bond donors (Lipinski definition) is 0. The highest BCUT2D eigenvalue weighted by Crippen LogP contribution is 2.32. The van der Waals surface area contributed by atoms with Gasteiger partial charge in [-0.25, -0.2) is 14.2 Å². The summed E-state index contributed by atoms with van der Waals surface area (Å²) < 4.78 is 32.8. The number of ether oxygens (including phenoxy) is 3. The number of hydrogen-bond acceptors (Lipinski definition) is 7. The number of benzene rings is 3. The van der Waals surface area contributed by atoms with Crippen LogP contribution in [0, 0.1) is 5.82 Å². The van der Waals surface area contributed by atoms with Gasteiger partial charge in [-0.15, -0.1) is 0 Å². The van der Waals surface area contributed by atoms with Crippen LogP contribution in [0.25, 0.3) is 6.08 Å². The normalized spacial score (nSPS) is 14.8. The molecular weight excluding hydrogens is 579 g/mol. The fraction of sp³-hybridized carbons (Fsp3) is 0.219. The van der Waals surface area contributed by atoms with Gasteiger partial charge in [0.2, 0.25) is 0 Å². The van der Waals surface area contributed by atoms with Gasteiger partial charge in [0.25, 0.3) is 5.56 Å². The summed E-state index contributed by atoms with van der Waals surface area (Å²) in [6.45, 7) is 6.19. The Hall–Kier alpha value is -4.21. The van der Waals surface area contributed by atoms with Gasteiger partial charge < -0.3 is 14.2 Å². The van der Waals surface area contributed by atoms with Crippen LogP contribution in [0.2, 0.25) is 5.02 Å². The van der Waals surface area contributed by atoms with Gasteiger partial charge in [0.1, 0.15) is 12.4 Å². The van der Waals surface area contributed by atoms with Gasteiger partial charge >= 0.3 is 5.97 Å². The van der Waals surface area contributed by atoms with Crippen molar-refractivity contribution in [2.24, 2.45) is 4.99 Å². The van der Waals surface area contributed by atoms with Crippen LogP contribution in [0.1, 0.15) is 43.5 Å². The molecule has 1 atom stereocenters. The molecule has 1 aliphatic rings. The number of esters is 1. The Kier molecular flexibility index (Phi) is 8.89. The van der Waals surface area contributed by atoms with Gasteiger partial charge in [0.15, 0.2) is 16.3 Å². The highest BCUT2D eigenvalue weighted by Gasteiger charge is 2.33. The van der Waals surface area contributed by atoms with E-state index in [0.717, 1.165) is 11.1 Å². The van der Waals surface area contributed by atoms with E-state index in [9.17, 15) is 14.0 Å². The zero-order chi connectivity index (χ0) is 29.8. The second-order valence-electron chi connectivity index (χ2n) is 9.41. The molecule has 0 spiro atoms. The zero-order valence-electron chi connectivity index (χ0n) is 23.2. The average Bonchev–Trinajstić information content (AvgIpc) is 3.26. The number of carbonyl (C=O) groups excluding carboxylic acids is 1. The molecule has 2 heterocycles. The van der Waals surface area contributed by atoms with Crippen molar-refractivity contribution >= 4 is 35.0 Å². The van der Waals surface area contributed by atoms with E-state index in [2.05, 4.69) is 4.99 Å². The first-order valence-electron chi connectivity index (χ1n) is 13.4. The number of aromatic nitrogens is 1. The molecule has 1 aromatic heterocycles. The first kappa shape index (κ1) is 29.3. The van der Waals surface area contributed by atoms with Crippen molar-refractivity contribution in [3.05, 3.63) is 125 Å². The van der Waals surface area contributed by atoms with E-state index in [4.69, 9.17) is 25.8 Å². The molecular formula is C32H28ClFN2O5S. The maximum Gasteiger partial charge on any atom is 0.338 e. The Morgan fingerprint density at radius 1 is 1.05 bits per heavy atom. The molecule has 0 saturated carbocycles. The summed E-state index contributed by atoms with van der Waals surface area (Å²) in [6.07, 6.45) is 1.75. The molecule has 10 heteroatoms. The molecule has 0 unspecified atom stereocenters. The number of rotatable bonds is 9. The monoisotopic (exact) mass is 606 g/mol. The summed E-state index contributed by atoms with van der Waals surface area (Å²) in [5.74, 6) is 0.0962. The average molecular weight is 607 g/mol. The van der Waals surface area contributed by atoms with Crippen molar-refractivity contribution in [3.8, 4) is 11.5 Å². The Bertz CT molecular complexity index is 1850. The Morgan fingerprint density at radius 3 is 2.55 bits per heavy atom. The van der Waals surface area contributed by atoms with Gasteiger partial charge in [0, 0.05) is 5.02 Å². The van der Waals surface area contributed by atoms with Gasteiger partial charge in [-0.1, -0.05) is 53.3 Å². The topological polar surface area (TPSA) is 79.1 Å². The van der Waals surface area contributed by atoms with Crippen molar-refractivity contribution in [3.63, 3.8) is 0 Å².